The van der Waals surface area contributed by atoms with Gasteiger partial charge < -0.3 is 5.32 Å². The van der Waals surface area contributed by atoms with Gasteiger partial charge in [0.2, 0.25) is 0 Å². The number of nitrogens with one attached hydrogen (secondary N) is 1. The van der Waals surface area contributed by atoms with E-state index in [0.29, 0.717) is 6.04 Å². The van der Waals surface area contributed by atoms with Crippen molar-refractivity contribution in [3.63, 3.8) is 0 Å². The molecule has 0 aliphatic carbocycles. The van der Waals surface area contributed by atoms with Crippen LogP contribution in [0, 0.1) is 0 Å². The van der Waals surface area contributed by atoms with Gasteiger partial charge in [-0.05, 0) is 42.3 Å². The second-order valence-corrected chi connectivity index (χ2v) is 5.94. The van der Waals surface area contributed by atoms with Crippen LogP contribution in [0.15, 0.2) is 24.3 Å². The molecule has 0 bridgehead atoms. The Labute approximate surface area is 99.3 Å². The zero-order chi connectivity index (χ0) is 11.6. The maximum Gasteiger partial charge on any atom is 0.0108 e. The first-order valence-corrected chi connectivity index (χ1v) is 6.38. The first-order valence-electron chi connectivity index (χ1n) is 6.38. The number of rotatable bonds is 2. The van der Waals surface area contributed by atoms with E-state index < -0.39 is 0 Å². The van der Waals surface area contributed by atoms with Gasteiger partial charge in [-0.2, -0.15) is 0 Å². The molecule has 0 unspecified atom stereocenters. The maximum atomic E-state index is 3.55. The van der Waals surface area contributed by atoms with Crippen molar-refractivity contribution in [2.24, 2.45) is 0 Å². The van der Waals surface area contributed by atoms with Crippen LogP contribution in [0.2, 0.25) is 0 Å². The van der Waals surface area contributed by atoms with Crippen molar-refractivity contribution in [1.82, 2.24) is 5.32 Å². The minimum Gasteiger partial charge on any atom is -0.314 e. The van der Waals surface area contributed by atoms with E-state index in [9.17, 15) is 0 Å². The molecule has 1 saturated heterocycles. The summed E-state index contributed by atoms with van der Waals surface area (Å²) in [6.45, 7) is 7.99. The van der Waals surface area contributed by atoms with Crippen molar-refractivity contribution < 1.29 is 0 Å². The third-order valence-corrected chi connectivity index (χ3v) is 3.46. The van der Waals surface area contributed by atoms with Crippen LogP contribution in [-0.2, 0) is 11.8 Å². The molecule has 1 fully saturated rings. The van der Waals surface area contributed by atoms with Gasteiger partial charge in [-0.1, -0.05) is 45.0 Å². The Morgan fingerprint density at radius 1 is 1.19 bits per heavy atom. The molecule has 1 aromatic carbocycles. The summed E-state index contributed by atoms with van der Waals surface area (Å²) in [5.74, 6) is 0. The van der Waals surface area contributed by atoms with Gasteiger partial charge in [0.05, 0.1) is 0 Å². The fraction of sp³-hybridized carbons (Fsp3) is 0.600. The molecule has 0 saturated carbocycles. The van der Waals surface area contributed by atoms with Crippen molar-refractivity contribution in [3.8, 4) is 0 Å². The Morgan fingerprint density at radius 3 is 2.38 bits per heavy atom. The predicted octanol–water partition coefficient (Wildman–Crippen LogP) is 3.28. The first kappa shape index (κ1) is 11.7. The largest absolute Gasteiger partial charge is 0.314 e. The average molecular weight is 217 g/mol. The summed E-state index contributed by atoms with van der Waals surface area (Å²) >= 11 is 0. The Kier molecular flexibility index (Phi) is 3.34. The lowest BCUT2D eigenvalue weighted by Gasteiger charge is -2.19. The standard InChI is InChI=1S/C15H23N/c1-15(2,3)13-8-6-12(7-9-13)11-14-5-4-10-16-14/h6-9,14,16H,4-5,10-11H2,1-3H3/t14-/m0/s1. The van der Waals surface area contributed by atoms with Crippen LogP contribution in [-0.4, -0.2) is 12.6 Å². The Morgan fingerprint density at radius 2 is 1.88 bits per heavy atom. The molecule has 0 amide bonds. The molecule has 2 rings (SSSR count). The molecule has 1 heteroatoms. The molecule has 0 aromatic heterocycles. The quantitative estimate of drug-likeness (QED) is 0.801. The number of benzene rings is 1. The van der Waals surface area contributed by atoms with Gasteiger partial charge in [0.25, 0.3) is 0 Å². The molecule has 1 atom stereocenters. The minimum absolute atomic E-state index is 0.268. The third-order valence-electron chi connectivity index (χ3n) is 3.46. The van der Waals surface area contributed by atoms with E-state index >= 15 is 0 Å². The van der Waals surface area contributed by atoms with E-state index in [4.69, 9.17) is 0 Å². The van der Waals surface area contributed by atoms with Crippen molar-refractivity contribution in [2.45, 2.75) is 51.5 Å². The molecule has 0 spiro atoms. The lowest BCUT2D eigenvalue weighted by Crippen LogP contribution is -2.23. The molecule has 1 nitrogen and oxygen atoms in total. The van der Waals surface area contributed by atoms with E-state index in [1.807, 2.05) is 0 Å². The van der Waals surface area contributed by atoms with E-state index in [1.54, 1.807) is 0 Å². The molecule has 1 heterocycles. The summed E-state index contributed by atoms with van der Waals surface area (Å²) in [6, 6.07) is 9.86. The van der Waals surface area contributed by atoms with Gasteiger partial charge in [0.15, 0.2) is 0 Å². The summed E-state index contributed by atoms with van der Waals surface area (Å²) in [7, 11) is 0. The zero-order valence-corrected chi connectivity index (χ0v) is 10.7. The zero-order valence-electron chi connectivity index (χ0n) is 10.7. The van der Waals surface area contributed by atoms with Gasteiger partial charge in [0.1, 0.15) is 0 Å². The van der Waals surface area contributed by atoms with Crippen LogP contribution in [0.4, 0.5) is 0 Å². The Balaban J connectivity index is 2.01. The van der Waals surface area contributed by atoms with Gasteiger partial charge >= 0.3 is 0 Å². The summed E-state index contributed by atoms with van der Waals surface area (Å²) in [6.07, 6.45) is 3.86. The summed E-state index contributed by atoms with van der Waals surface area (Å²) in [4.78, 5) is 0. The maximum absolute atomic E-state index is 3.55. The van der Waals surface area contributed by atoms with Crippen LogP contribution in [0.3, 0.4) is 0 Å². The molecule has 1 aliphatic heterocycles. The van der Waals surface area contributed by atoms with Crippen LogP contribution in [0.5, 0.6) is 0 Å². The SMILES string of the molecule is CC(C)(C)c1ccc(C[C@@H]2CCCN2)cc1. The highest BCUT2D eigenvalue weighted by Crippen LogP contribution is 2.23. The smallest absolute Gasteiger partial charge is 0.0108 e. The first-order chi connectivity index (χ1) is 7.55. The molecule has 1 N–H and O–H groups in total. The van der Waals surface area contributed by atoms with Crippen LogP contribution < -0.4 is 5.32 Å². The Hall–Kier alpha value is -0.820. The second-order valence-electron chi connectivity index (χ2n) is 5.94. The summed E-state index contributed by atoms with van der Waals surface area (Å²) in [5, 5.41) is 3.55. The van der Waals surface area contributed by atoms with Crippen LogP contribution in [0.25, 0.3) is 0 Å². The van der Waals surface area contributed by atoms with E-state index in [1.165, 1.54) is 36.9 Å². The van der Waals surface area contributed by atoms with Gasteiger partial charge in [-0.15, -0.1) is 0 Å². The van der Waals surface area contributed by atoms with Crippen molar-refractivity contribution in [3.05, 3.63) is 35.4 Å². The van der Waals surface area contributed by atoms with E-state index in [0.717, 1.165) is 0 Å². The highest BCUT2D eigenvalue weighted by Gasteiger charge is 2.16. The van der Waals surface area contributed by atoms with E-state index in [-0.39, 0.29) is 5.41 Å². The lowest BCUT2D eigenvalue weighted by atomic mass is 9.86. The van der Waals surface area contributed by atoms with Crippen LogP contribution >= 0.6 is 0 Å². The van der Waals surface area contributed by atoms with Crippen molar-refractivity contribution in [2.75, 3.05) is 6.54 Å². The van der Waals surface area contributed by atoms with Gasteiger partial charge in [-0.25, -0.2) is 0 Å². The van der Waals surface area contributed by atoms with Crippen LogP contribution in [0.1, 0.15) is 44.7 Å². The van der Waals surface area contributed by atoms with Gasteiger partial charge in [0, 0.05) is 6.04 Å². The fourth-order valence-electron chi connectivity index (χ4n) is 2.36. The summed E-state index contributed by atoms with van der Waals surface area (Å²) in [5.41, 5.74) is 3.16. The average Bonchev–Trinajstić information content (AvgIpc) is 2.70. The van der Waals surface area contributed by atoms with Crippen molar-refractivity contribution >= 4 is 0 Å². The summed E-state index contributed by atoms with van der Waals surface area (Å²) < 4.78 is 0. The number of hydrogen-bond donors (Lipinski definition) is 1. The predicted molar refractivity (Wildman–Crippen MR) is 69.9 cm³/mol. The molecule has 1 aliphatic rings. The second kappa shape index (κ2) is 4.58. The highest BCUT2D eigenvalue weighted by atomic mass is 14.9. The monoisotopic (exact) mass is 217 g/mol. The topological polar surface area (TPSA) is 12.0 Å². The fourth-order valence-corrected chi connectivity index (χ4v) is 2.36. The minimum atomic E-state index is 0.268. The molecular weight excluding hydrogens is 194 g/mol. The highest BCUT2D eigenvalue weighted by molar-refractivity contribution is 5.28. The Bertz CT molecular complexity index is 325. The molecule has 16 heavy (non-hydrogen) atoms. The normalized spacial score (nSPS) is 21.3. The third kappa shape index (κ3) is 2.85. The van der Waals surface area contributed by atoms with Gasteiger partial charge in [-0.3, -0.25) is 0 Å². The molecular formula is C15H23N. The van der Waals surface area contributed by atoms with Crippen molar-refractivity contribution in [1.29, 1.82) is 0 Å². The lowest BCUT2D eigenvalue weighted by molar-refractivity contribution is 0.586. The molecule has 0 radical (unpaired) electrons. The molecule has 88 valence electrons. The van der Waals surface area contributed by atoms with E-state index in [2.05, 4.69) is 50.4 Å². The number of hydrogen-bond acceptors (Lipinski definition) is 1. The molecule has 1 aromatic rings.